The van der Waals surface area contributed by atoms with Crippen molar-refractivity contribution >= 4 is 6.09 Å². The molecule has 0 aliphatic carbocycles. The normalized spacial score (nSPS) is 10.1. The van der Waals surface area contributed by atoms with Gasteiger partial charge in [-0.2, -0.15) is 0 Å². The van der Waals surface area contributed by atoms with Crippen LogP contribution in [-0.4, -0.2) is 36.2 Å². The van der Waals surface area contributed by atoms with Crippen LogP contribution in [-0.2, 0) is 6.54 Å². The van der Waals surface area contributed by atoms with Crippen molar-refractivity contribution in [2.75, 3.05) is 20.1 Å². The number of carbonyl (C=O) groups is 1. The van der Waals surface area contributed by atoms with E-state index in [-0.39, 0.29) is 12.4 Å². The van der Waals surface area contributed by atoms with E-state index in [0.717, 1.165) is 5.56 Å². The second kappa shape index (κ2) is 6.07. The van der Waals surface area contributed by atoms with Gasteiger partial charge in [0.2, 0.25) is 0 Å². The molecule has 1 aromatic rings. The van der Waals surface area contributed by atoms with Crippen LogP contribution in [0.5, 0.6) is 0 Å². The van der Waals surface area contributed by atoms with Gasteiger partial charge in [0.05, 0.1) is 0 Å². The van der Waals surface area contributed by atoms with Gasteiger partial charge in [-0.3, -0.25) is 0 Å². The van der Waals surface area contributed by atoms with Crippen molar-refractivity contribution in [3.8, 4) is 0 Å². The maximum atomic E-state index is 12.6. The van der Waals surface area contributed by atoms with Crippen LogP contribution in [0.2, 0.25) is 0 Å². The minimum absolute atomic E-state index is 0.275. The van der Waals surface area contributed by atoms with E-state index in [9.17, 15) is 9.18 Å². The van der Waals surface area contributed by atoms with E-state index in [1.807, 2.05) is 0 Å². The third-order valence-electron chi connectivity index (χ3n) is 2.19. The molecule has 0 aliphatic heterocycles. The third-order valence-corrected chi connectivity index (χ3v) is 2.19. The zero-order valence-electron chi connectivity index (χ0n) is 9.11. The van der Waals surface area contributed by atoms with Crippen molar-refractivity contribution in [1.82, 2.24) is 10.2 Å². The molecule has 0 heterocycles. The summed E-state index contributed by atoms with van der Waals surface area (Å²) in [5.41, 5.74) is 0.778. The van der Waals surface area contributed by atoms with Crippen molar-refractivity contribution in [2.24, 2.45) is 0 Å². The Morgan fingerprint density at radius 3 is 2.56 bits per heavy atom. The molecule has 0 radical (unpaired) electrons. The summed E-state index contributed by atoms with van der Waals surface area (Å²) in [6.07, 6.45) is -0.973. The van der Waals surface area contributed by atoms with Crippen LogP contribution in [0.15, 0.2) is 24.3 Å². The van der Waals surface area contributed by atoms with Crippen LogP contribution in [0.4, 0.5) is 9.18 Å². The Bertz CT molecular complexity index is 340. The maximum Gasteiger partial charge on any atom is 0.407 e. The second-order valence-electron chi connectivity index (χ2n) is 3.43. The summed E-state index contributed by atoms with van der Waals surface area (Å²) in [4.78, 5) is 12.2. The minimum Gasteiger partial charge on any atom is -0.465 e. The second-order valence-corrected chi connectivity index (χ2v) is 3.43. The lowest BCUT2D eigenvalue weighted by Crippen LogP contribution is -2.34. The van der Waals surface area contributed by atoms with Gasteiger partial charge in [-0.25, -0.2) is 9.18 Å². The van der Waals surface area contributed by atoms with Crippen LogP contribution in [0, 0.1) is 5.82 Å². The van der Waals surface area contributed by atoms with E-state index in [1.54, 1.807) is 19.2 Å². The molecular formula is C11H15FN2O2. The Morgan fingerprint density at radius 1 is 1.44 bits per heavy atom. The molecule has 0 bridgehead atoms. The average Bonchev–Trinajstić information content (AvgIpc) is 2.26. The number of nitrogens with zero attached hydrogens (tertiary/aromatic N) is 1. The summed E-state index contributed by atoms with van der Waals surface area (Å²) in [5.74, 6) is -0.319. The molecule has 0 aromatic heterocycles. The summed E-state index contributed by atoms with van der Waals surface area (Å²) in [6.45, 7) is 1.27. The molecule has 0 saturated heterocycles. The summed E-state index contributed by atoms with van der Waals surface area (Å²) >= 11 is 0. The van der Waals surface area contributed by atoms with Crippen LogP contribution < -0.4 is 5.32 Å². The number of carboxylic acid groups (broad SMARTS) is 1. The number of halogens is 1. The Labute approximate surface area is 93.7 Å². The fourth-order valence-electron chi connectivity index (χ4n) is 1.30. The topological polar surface area (TPSA) is 52.6 Å². The molecule has 0 atom stereocenters. The molecule has 1 rings (SSSR count). The first-order chi connectivity index (χ1) is 7.63. The smallest absolute Gasteiger partial charge is 0.407 e. The molecule has 1 amide bonds. The van der Waals surface area contributed by atoms with Crippen LogP contribution in [0.25, 0.3) is 0 Å². The number of benzene rings is 1. The van der Waals surface area contributed by atoms with Gasteiger partial charge in [-0.1, -0.05) is 12.1 Å². The molecule has 2 N–H and O–H groups in total. The quantitative estimate of drug-likeness (QED) is 0.800. The zero-order chi connectivity index (χ0) is 12.0. The van der Waals surface area contributed by atoms with Gasteiger partial charge in [0.15, 0.2) is 0 Å². The molecule has 0 unspecified atom stereocenters. The van der Waals surface area contributed by atoms with Crippen molar-refractivity contribution < 1.29 is 14.3 Å². The number of amides is 1. The van der Waals surface area contributed by atoms with Gasteiger partial charge in [0.25, 0.3) is 0 Å². The lowest BCUT2D eigenvalue weighted by atomic mass is 10.2. The number of nitrogens with one attached hydrogen (secondary N) is 1. The van der Waals surface area contributed by atoms with E-state index in [4.69, 9.17) is 5.11 Å². The Kier molecular flexibility index (Phi) is 4.72. The first-order valence-electron chi connectivity index (χ1n) is 5.00. The SMILES string of the molecule is CNCCN(Cc1ccc(F)cc1)C(=O)O. The molecule has 88 valence electrons. The predicted octanol–water partition coefficient (Wildman–Crippen LogP) is 1.53. The maximum absolute atomic E-state index is 12.6. The number of hydrogen-bond donors (Lipinski definition) is 2. The van der Waals surface area contributed by atoms with E-state index in [0.29, 0.717) is 13.1 Å². The predicted molar refractivity (Wildman–Crippen MR) is 58.8 cm³/mol. The number of rotatable bonds is 5. The van der Waals surface area contributed by atoms with Gasteiger partial charge in [-0.15, -0.1) is 0 Å². The molecule has 5 heteroatoms. The summed E-state index contributed by atoms with van der Waals surface area (Å²) in [6, 6.07) is 5.83. The fraction of sp³-hybridized carbons (Fsp3) is 0.364. The van der Waals surface area contributed by atoms with Gasteiger partial charge in [0, 0.05) is 19.6 Å². The minimum atomic E-state index is -0.973. The van der Waals surface area contributed by atoms with E-state index < -0.39 is 6.09 Å². The standard InChI is InChI=1S/C11H15FN2O2/c1-13-6-7-14(11(15)16)8-9-2-4-10(12)5-3-9/h2-5,13H,6-8H2,1H3,(H,15,16). The molecule has 1 aromatic carbocycles. The van der Waals surface area contributed by atoms with Gasteiger partial charge in [0.1, 0.15) is 5.82 Å². The van der Waals surface area contributed by atoms with Crippen LogP contribution >= 0.6 is 0 Å². The highest BCUT2D eigenvalue weighted by molar-refractivity contribution is 5.65. The fourth-order valence-corrected chi connectivity index (χ4v) is 1.30. The summed E-state index contributed by atoms with van der Waals surface area (Å²) < 4.78 is 12.6. The molecule has 0 aliphatic rings. The molecule has 0 spiro atoms. The van der Waals surface area contributed by atoms with Crippen LogP contribution in [0.1, 0.15) is 5.56 Å². The lowest BCUT2D eigenvalue weighted by Gasteiger charge is -2.18. The van der Waals surface area contributed by atoms with E-state index in [2.05, 4.69) is 5.32 Å². The number of likely N-dealkylation sites (N-methyl/N-ethyl adjacent to an activating group) is 1. The lowest BCUT2D eigenvalue weighted by molar-refractivity contribution is 0.143. The summed E-state index contributed by atoms with van der Waals surface area (Å²) in [5, 5.41) is 11.8. The van der Waals surface area contributed by atoms with E-state index in [1.165, 1.54) is 17.0 Å². The summed E-state index contributed by atoms with van der Waals surface area (Å²) in [7, 11) is 1.76. The van der Waals surface area contributed by atoms with Gasteiger partial charge < -0.3 is 15.3 Å². The highest BCUT2D eigenvalue weighted by Crippen LogP contribution is 2.06. The van der Waals surface area contributed by atoms with Crippen molar-refractivity contribution in [1.29, 1.82) is 0 Å². The van der Waals surface area contributed by atoms with Crippen LogP contribution in [0.3, 0.4) is 0 Å². The molecule has 0 fully saturated rings. The molecule has 0 saturated carbocycles. The largest absolute Gasteiger partial charge is 0.465 e. The van der Waals surface area contributed by atoms with Crippen molar-refractivity contribution in [3.63, 3.8) is 0 Å². The Morgan fingerprint density at radius 2 is 2.06 bits per heavy atom. The molecule has 16 heavy (non-hydrogen) atoms. The van der Waals surface area contributed by atoms with Gasteiger partial charge in [-0.05, 0) is 24.7 Å². The Balaban J connectivity index is 2.60. The van der Waals surface area contributed by atoms with E-state index >= 15 is 0 Å². The zero-order valence-corrected chi connectivity index (χ0v) is 9.11. The highest BCUT2D eigenvalue weighted by atomic mass is 19.1. The first-order valence-corrected chi connectivity index (χ1v) is 5.00. The Hall–Kier alpha value is -1.62. The molecule has 4 nitrogen and oxygen atoms in total. The third kappa shape index (κ3) is 3.86. The van der Waals surface area contributed by atoms with Crippen molar-refractivity contribution in [2.45, 2.75) is 6.54 Å². The van der Waals surface area contributed by atoms with Crippen molar-refractivity contribution in [3.05, 3.63) is 35.6 Å². The average molecular weight is 226 g/mol. The highest BCUT2D eigenvalue weighted by Gasteiger charge is 2.11. The first kappa shape index (κ1) is 12.4. The molecular weight excluding hydrogens is 211 g/mol. The monoisotopic (exact) mass is 226 g/mol. The number of hydrogen-bond acceptors (Lipinski definition) is 2. The van der Waals surface area contributed by atoms with Gasteiger partial charge >= 0.3 is 6.09 Å².